The van der Waals surface area contributed by atoms with Crippen LogP contribution < -0.4 is 4.73 Å². The average molecular weight is 334 g/mol. The van der Waals surface area contributed by atoms with E-state index in [1.165, 1.54) is 25.1 Å². The maximum Gasteiger partial charge on any atom is 0.288 e. The van der Waals surface area contributed by atoms with Crippen LogP contribution in [0.3, 0.4) is 0 Å². The van der Waals surface area contributed by atoms with Crippen LogP contribution in [0.15, 0.2) is 35.6 Å². The molecule has 0 unspecified atom stereocenters. The molecule has 0 atom stereocenters. The number of hydrogen-bond donors (Lipinski definition) is 2. The molecule has 0 aliphatic rings. The number of aryl methyl sites for hydroxylation is 1. The van der Waals surface area contributed by atoms with Gasteiger partial charge < -0.3 is 20.3 Å². The second kappa shape index (κ2) is 6.35. The molecule has 0 fully saturated rings. The summed E-state index contributed by atoms with van der Waals surface area (Å²) in [5.41, 5.74) is -0.940. The van der Waals surface area contributed by atoms with Crippen LogP contribution in [0.1, 0.15) is 37.6 Å². The lowest BCUT2D eigenvalue weighted by Crippen LogP contribution is -2.35. The highest BCUT2D eigenvalue weighted by Crippen LogP contribution is 2.27. The Morgan fingerprint density at radius 2 is 1.92 bits per heavy atom. The van der Waals surface area contributed by atoms with Gasteiger partial charge in [0.25, 0.3) is 5.69 Å². The Bertz CT molecular complexity index is 778. The van der Waals surface area contributed by atoms with Gasteiger partial charge >= 0.3 is 0 Å². The second-order valence-corrected chi connectivity index (χ2v) is 6.33. The molecule has 128 valence electrons. The number of phenolic OH excluding ortho intramolecular Hbond substituents is 1. The molecule has 1 aromatic carbocycles. The summed E-state index contributed by atoms with van der Waals surface area (Å²) in [7, 11) is 0. The molecule has 7 heteroatoms. The highest BCUT2D eigenvalue weighted by molar-refractivity contribution is 6.13. The highest BCUT2D eigenvalue weighted by atomic mass is 19.1. The first-order valence-electron chi connectivity index (χ1n) is 7.27. The SMILES string of the molecule is Cc1cc(O)c(/C(=N/OC(C)(C)C)c2c(O)ccc[n+]2[O-])cc1F. The van der Waals surface area contributed by atoms with Crippen LogP contribution in [0.4, 0.5) is 4.39 Å². The molecule has 0 bridgehead atoms. The van der Waals surface area contributed by atoms with E-state index in [-0.39, 0.29) is 34.0 Å². The molecule has 1 aromatic heterocycles. The Kier molecular flexibility index (Phi) is 4.64. The van der Waals surface area contributed by atoms with Crippen molar-refractivity contribution in [1.29, 1.82) is 0 Å². The summed E-state index contributed by atoms with van der Waals surface area (Å²) in [6.45, 7) is 6.70. The molecule has 24 heavy (non-hydrogen) atoms. The number of aromatic nitrogens is 1. The molecule has 0 spiro atoms. The zero-order valence-electron chi connectivity index (χ0n) is 13.9. The highest BCUT2D eigenvalue weighted by Gasteiger charge is 2.26. The van der Waals surface area contributed by atoms with Gasteiger partial charge in [-0.25, -0.2) is 4.39 Å². The number of benzene rings is 1. The first-order chi connectivity index (χ1) is 11.1. The molecule has 0 radical (unpaired) electrons. The molecule has 0 amide bonds. The quantitative estimate of drug-likeness (QED) is 0.391. The van der Waals surface area contributed by atoms with E-state index >= 15 is 0 Å². The van der Waals surface area contributed by atoms with Crippen molar-refractivity contribution in [3.63, 3.8) is 0 Å². The fraction of sp³-hybridized carbons (Fsp3) is 0.294. The third-order valence-corrected chi connectivity index (χ3v) is 3.11. The first-order valence-corrected chi connectivity index (χ1v) is 7.27. The minimum absolute atomic E-state index is 0.0616. The Balaban J connectivity index is 2.72. The maximum absolute atomic E-state index is 14.0. The molecule has 0 aliphatic carbocycles. The molecule has 0 aliphatic heterocycles. The molecular weight excluding hydrogens is 315 g/mol. The first kappa shape index (κ1) is 17.5. The Morgan fingerprint density at radius 3 is 2.50 bits per heavy atom. The molecule has 0 saturated heterocycles. The second-order valence-electron chi connectivity index (χ2n) is 6.33. The van der Waals surface area contributed by atoms with Crippen LogP contribution in [-0.2, 0) is 4.84 Å². The van der Waals surface area contributed by atoms with E-state index in [1.807, 2.05) is 0 Å². The summed E-state index contributed by atoms with van der Waals surface area (Å²) in [4.78, 5) is 5.33. The van der Waals surface area contributed by atoms with Gasteiger partial charge in [0.1, 0.15) is 17.2 Å². The third kappa shape index (κ3) is 3.73. The molecular formula is C17H19FN2O4. The van der Waals surface area contributed by atoms with Crippen LogP contribution in [-0.4, -0.2) is 21.5 Å². The van der Waals surface area contributed by atoms with Gasteiger partial charge in [0, 0.05) is 6.07 Å². The summed E-state index contributed by atoms with van der Waals surface area (Å²) in [6.07, 6.45) is 1.16. The van der Waals surface area contributed by atoms with Crippen molar-refractivity contribution in [2.75, 3.05) is 0 Å². The molecule has 6 nitrogen and oxygen atoms in total. The lowest BCUT2D eigenvalue weighted by Gasteiger charge is -2.17. The molecule has 1 heterocycles. The summed E-state index contributed by atoms with van der Waals surface area (Å²) in [5.74, 6) is -1.24. The normalized spacial score (nSPS) is 12.3. The number of phenols is 1. The number of hydrogen-bond acceptors (Lipinski definition) is 5. The fourth-order valence-corrected chi connectivity index (χ4v) is 1.96. The number of pyridine rings is 1. The minimum Gasteiger partial charge on any atom is -0.618 e. The van der Waals surface area contributed by atoms with Crippen LogP contribution in [0.5, 0.6) is 11.5 Å². The van der Waals surface area contributed by atoms with Crippen LogP contribution in [0, 0.1) is 17.9 Å². The van der Waals surface area contributed by atoms with Crippen LogP contribution in [0.25, 0.3) is 0 Å². The van der Waals surface area contributed by atoms with Gasteiger partial charge in [-0.1, -0.05) is 5.16 Å². The zero-order chi connectivity index (χ0) is 18.1. The summed E-state index contributed by atoms with van der Waals surface area (Å²) >= 11 is 0. The van der Waals surface area contributed by atoms with E-state index in [9.17, 15) is 19.8 Å². The van der Waals surface area contributed by atoms with Gasteiger partial charge in [0.15, 0.2) is 17.7 Å². The Labute approximate surface area is 139 Å². The third-order valence-electron chi connectivity index (χ3n) is 3.11. The standard InChI is InChI=1S/C17H19FN2O4/c1-10-8-14(22)11(9-12(10)18)15(19-24-17(2,3)4)16-13(21)6-5-7-20(16)23/h5-9,21-22H,1-4H3/b19-15-. The van der Waals surface area contributed by atoms with E-state index in [1.54, 1.807) is 20.8 Å². The summed E-state index contributed by atoms with van der Waals surface area (Å²) < 4.78 is 14.3. The van der Waals surface area contributed by atoms with Gasteiger partial charge in [-0.15, -0.1) is 0 Å². The van der Waals surface area contributed by atoms with Gasteiger partial charge in [-0.05, 0) is 51.5 Å². The smallest absolute Gasteiger partial charge is 0.288 e. The van der Waals surface area contributed by atoms with Gasteiger partial charge in [-0.2, -0.15) is 4.73 Å². The molecule has 2 N–H and O–H groups in total. The van der Waals surface area contributed by atoms with Crippen LogP contribution >= 0.6 is 0 Å². The fourth-order valence-electron chi connectivity index (χ4n) is 1.96. The average Bonchev–Trinajstić information content (AvgIpc) is 2.45. The van der Waals surface area contributed by atoms with Gasteiger partial charge in [-0.3, -0.25) is 0 Å². The largest absolute Gasteiger partial charge is 0.618 e. The monoisotopic (exact) mass is 334 g/mol. The molecule has 2 rings (SSSR count). The number of halogens is 1. The van der Waals surface area contributed by atoms with Crippen molar-refractivity contribution in [2.24, 2.45) is 5.16 Å². The minimum atomic E-state index is -0.692. The van der Waals surface area contributed by atoms with E-state index in [0.717, 1.165) is 12.3 Å². The maximum atomic E-state index is 14.0. The number of aromatic hydroxyl groups is 2. The molecule has 2 aromatic rings. The topological polar surface area (TPSA) is 89.0 Å². The van der Waals surface area contributed by atoms with Crippen molar-refractivity contribution < 1.29 is 24.2 Å². The van der Waals surface area contributed by atoms with Gasteiger partial charge in [0.2, 0.25) is 0 Å². The van der Waals surface area contributed by atoms with Crippen molar-refractivity contribution in [3.05, 3.63) is 58.3 Å². The Hall–Kier alpha value is -2.83. The summed E-state index contributed by atoms with van der Waals surface area (Å²) in [6, 6.07) is 4.90. The van der Waals surface area contributed by atoms with Crippen molar-refractivity contribution in [3.8, 4) is 11.5 Å². The Morgan fingerprint density at radius 1 is 1.25 bits per heavy atom. The lowest BCUT2D eigenvalue weighted by atomic mass is 10.0. The van der Waals surface area contributed by atoms with E-state index < -0.39 is 11.4 Å². The number of nitrogens with zero attached hydrogens (tertiary/aromatic N) is 2. The van der Waals surface area contributed by atoms with E-state index in [4.69, 9.17) is 4.84 Å². The molecule has 0 saturated carbocycles. The predicted molar refractivity (Wildman–Crippen MR) is 86.3 cm³/mol. The zero-order valence-corrected chi connectivity index (χ0v) is 13.9. The van der Waals surface area contributed by atoms with Crippen molar-refractivity contribution in [1.82, 2.24) is 0 Å². The van der Waals surface area contributed by atoms with Gasteiger partial charge in [0.05, 0.1) is 5.56 Å². The van der Waals surface area contributed by atoms with E-state index in [2.05, 4.69) is 5.16 Å². The van der Waals surface area contributed by atoms with Crippen LogP contribution in [0.2, 0.25) is 0 Å². The predicted octanol–water partition coefficient (Wildman–Crippen LogP) is 2.75. The van der Waals surface area contributed by atoms with Crippen molar-refractivity contribution in [2.45, 2.75) is 33.3 Å². The number of rotatable bonds is 3. The number of oxime groups is 1. The lowest BCUT2D eigenvalue weighted by molar-refractivity contribution is -0.607. The summed E-state index contributed by atoms with van der Waals surface area (Å²) in [5, 5.41) is 36.2. The van der Waals surface area contributed by atoms with Crippen molar-refractivity contribution >= 4 is 5.71 Å². The van der Waals surface area contributed by atoms with E-state index in [0.29, 0.717) is 4.73 Å².